The Hall–Kier alpha value is -0.0800. The molecule has 1 saturated carbocycles. The van der Waals surface area contributed by atoms with Gasteiger partial charge in [0.1, 0.15) is 0 Å². The molecule has 0 aromatic carbocycles. The maximum Gasteiger partial charge on any atom is 0.0126 e. The molecule has 0 bridgehead atoms. The Morgan fingerprint density at radius 3 is 1.83 bits per heavy atom. The first-order valence-corrected chi connectivity index (χ1v) is 9.94. The lowest BCUT2D eigenvalue weighted by Gasteiger charge is -2.46. The molecule has 0 spiro atoms. The van der Waals surface area contributed by atoms with Crippen molar-refractivity contribution >= 4 is 0 Å². The van der Waals surface area contributed by atoms with E-state index in [1.54, 1.807) is 0 Å². The van der Waals surface area contributed by atoms with E-state index >= 15 is 0 Å². The Morgan fingerprint density at radius 1 is 0.870 bits per heavy atom. The number of rotatable bonds is 3. The molecule has 1 saturated heterocycles. The van der Waals surface area contributed by atoms with Crippen LogP contribution in [0.1, 0.15) is 80.6 Å². The monoisotopic (exact) mass is 322 g/mol. The molecule has 23 heavy (non-hydrogen) atoms. The SMILES string of the molecule is CC(C)(C)CC1CCC(C)(CN2CCN(C(C)(C)C)CC2)CC1. The third-order valence-corrected chi connectivity index (χ3v) is 6.14. The second kappa shape index (κ2) is 7.04. The number of hydrogen-bond donors (Lipinski definition) is 0. The highest BCUT2D eigenvalue weighted by molar-refractivity contribution is 4.89. The molecule has 1 heterocycles. The summed E-state index contributed by atoms with van der Waals surface area (Å²) >= 11 is 0. The molecule has 2 nitrogen and oxygen atoms in total. The van der Waals surface area contributed by atoms with Gasteiger partial charge in [0.05, 0.1) is 0 Å². The van der Waals surface area contributed by atoms with Gasteiger partial charge in [-0.25, -0.2) is 0 Å². The van der Waals surface area contributed by atoms with E-state index in [0.29, 0.717) is 16.4 Å². The van der Waals surface area contributed by atoms with Crippen molar-refractivity contribution in [3.63, 3.8) is 0 Å². The van der Waals surface area contributed by atoms with Crippen LogP contribution in [0.15, 0.2) is 0 Å². The summed E-state index contributed by atoms with van der Waals surface area (Å²) in [6.07, 6.45) is 7.19. The van der Waals surface area contributed by atoms with Gasteiger partial charge in [-0.1, -0.05) is 27.7 Å². The number of piperazine rings is 1. The Kier molecular flexibility index (Phi) is 5.89. The van der Waals surface area contributed by atoms with Crippen LogP contribution in [0.4, 0.5) is 0 Å². The van der Waals surface area contributed by atoms with Crippen molar-refractivity contribution in [2.75, 3.05) is 32.7 Å². The molecule has 0 aromatic heterocycles. The fourth-order valence-electron chi connectivity index (χ4n) is 4.72. The lowest BCUT2D eigenvalue weighted by molar-refractivity contribution is 0.0272. The van der Waals surface area contributed by atoms with Crippen LogP contribution in [0, 0.1) is 16.7 Å². The van der Waals surface area contributed by atoms with E-state index in [2.05, 4.69) is 58.3 Å². The molecule has 2 heteroatoms. The summed E-state index contributed by atoms with van der Waals surface area (Å²) in [5, 5.41) is 0. The van der Waals surface area contributed by atoms with Crippen molar-refractivity contribution in [2.24, 2.45) is 16.7 Å². The molecule has 2 aliphatic rings. The zero-order valence-electron chi connectivity index (χ0n) is 17.0. The molecule has 0 unspecified atom stereocenters. The number of nitrogens with zero attached hydrogens (tertiary/aromatic N) is 2. The fourth-order valence-corrected chi connectivity index (χ4v) is 4.72. The Morgan fingerprint density at radius 2 is 1.39 bits per heavy atom. The van der Waals surface area contributed by atoms with Crippen molar-refractivity contribution in [1.82, 2.24) is 9.80 Å². The first-order chi connectivity index (χ1) is 10.5. The van der Waals surface area contributed by atoms with Gasteiger partial charge in [-0.2, -0.15) is 0 Å². The summed E-state index contributed by atoms with van der Waals surface area (Å²) in [4.78, 5) is 5.39. The molecule has 1 aliphatic heterocycles. The number of hydrogen-bond acceptors (Lipinski definition) is 2. The van der Waals surface area contributed by atoms with Gasteiger partial charge in [0.25, 0.3) is 0 Å². The van der Waals surface area contributed by atoms with E-state index in [-0.39, 0.29) is 0 Å². The van der Waals surface area contributed by atoms with E-state index in [1.807, 2.05) is 0 Å². The zero-order chi connectivity index (χ0) is 17.3. The highest BCUT2D eigenvalue weighted by Crippen LogP contribution is 2.43. The minimum absolute atomic E-state index is 0.334. The van der Waals surface area contributed by atoms with Gasteiger partial charge in [0.2, 0.25) is 0 Å². The van der Waals surface area contributed by atoms with Crippen molar-refractivity contribution in [2.45, 2.75) is 86.1 Å². The molecule has 1 aliphatic carbocycles. The van der Waals surface area contributed by atoms with Crippen LogP contribution in [-0.4, -0.2) is 48.1 Å². The second-order valence-electron chi connectivity index (χ2n) is 11.0. The van der Waals surface area contributed by atoms with Crippen LogP contribution in [0.25, 0.3) is 0 Å². The summed E-state index contributed by atoms with van der Waals surface area (Å²) in [5.41, 5.74) is 1.40. The average molecular weight is 323 g/mol. The molecule has 0 atom stereocenters. The van der Waals surface area contributed by atoms with Crippen LogP contribution in [0.3, 0.4) is 0 Å². The van der Waals surface area contributed by atoms with E-state index in [9.17, 15) is 0 Å². The predicted octanol–water partition coefficient (Wildman–Crippen LogP) is 5.04. The van der Waals surface area contributed by atoms with Gasteiger partial charge < -0.3 is 4.90 Å². The smallest absolute Gasteiger partial charge is 0.0126 e. The maximum atomic E-state index is 2.74. The van der Waals surface area contributed by atoms with Gasteiger partial charge in [-0.05, 0) is 69.6 Å². The standard InChI is InChI=1S/C21H42N2/c1-19(2,3)16-18-8-10-21(7,11-9-18)17-22-12-14-23(15-13-22)20(4,5)6/h18H,8-17H2,1-7H3. The zero-order valence-corrected chi connectivity index (χ0v) is 17.0. The van der Waals surface area contributed by atoms with Gasteiger partial charge in [0.15, 0.2) is 0 Å². The lowest BCUT2D eigenvalue weighted by atomic mass is 9.68. The fraction of sp³-hybridized carbons (Fsp3) is 1.00. The molecular weight excluding hydrogens is 280 g/mol. The summed E-state index contributed by atoms with van der Waals surface area (Å²) in [7, 11) is 0. The van der Waals surface area contributed by atoms with E-state index in [0.717, 1.165) is 5.92 Å². The molecule has 0 amide bonds. The van der Waals surface area contributed by atoms with E-state index in [1.165, 1.54) is 64.8 Å². The summed E-state index contributed by atoms with van der Waals surface area (Å²) in [6, 6.07) is 0. The highest BCUT2D eigenvalue weighted by atomic mass is 15.3. The van der Waals surface area contributed by atoms with Gasteiger partial charge >= 0.3 is 0 Å². The highest BCUT2D eigenvalue weighted by Gasteiger charge is 2.35. The summed E-state index contributed by atoms with van der Waals surface area (Å²) < 4.78 is 0. The third kappa shape index (κ3) is 6.05. The molecule has 2 rings (SSSR count). The molecule has 2 fully saturated rings. The maximum absolute atomic E-state index is 2.74. The second-order valence-corrected chi connectivity index (χ2v) is 11.0. The third-order valence-electron chi connectivity index (χ3n) is 6.14. The lowest BCUT2D eigenvalue weighted by Crippen LogP contribution is -2.55. The first-order valence-electron chi connectivity index (χ1n) is 9.94. The van der Waals surface area contributed by atoms with Crippen LogP contribution in [-0.2, 0) is 0 Å². The minimum Gasteiger partial charge on any atom is -0.300 e. The van der Waals surface area contributed by atoms with Crippen LogP contribution in [0.5, 0.6) is 0 Å². The molecule has 136 valence electrons. The summed E-state index contributed by atoms with van der Waals surface area (Å²) in [5.74, 6) is 0.973. The quantitative estimate of drug-likeness (QED) is 0.718. The molecule has 0 N–H and O–H groups in total. The minimum atomic E-state index is 0.334. The van der Waals surface area contributed by atoms with Crippen molar-refractivity contribution in [1.29, 1.82) is 0 Å². The molecular formula is C21H42N2. The van der Waals surface area contributed by atoms with Gasteiger partial charge in [0, 0.05) is 38.3 Å². The molecule has 0 aromatic rings. The first kappa shape index (κ1) is 19.2. The van der Waals surface area contributed by atoms with Crippen molar-refractivity contribution in [3.05, 3.63) is 0 Å². The largest absolute Gasteiger partial charge is 0.300 e. The Bertz CT molecular complexity index is 358. The van der Waals surface area contributed by atoms with Gasteiger partial charge in [-0.3, -0.25) is 4.90 Å². The van der Waals surface area contributed by atoms with Crippen molar-refractivity contribution < 1.29 is 0 Å². The predicted molar refractivity (Wildman–Crippen MR) is 102 cm³/mol. The van der Waals surface area contributed by atoms with Crippen LogP contribution in [0.2, 0.25) is 0 Å². The van der Waals surface area contributed by atoms with E-state index in [4.69, 9.17) is 0 Å². The normalized spacial score (nSPS) is 32.2. The Balaban J connectivity index is 1.76. The van der Waals surface area contributed by atoms with Crippen LogP contribution >= 0.6 is 0 Å². The molecule has 0 radical (unpaired) electrons. The van der Waals surface area contributed by atoms with Crippen LogP contribution < -0.4 is 0 Å². The van der Waals surface area contributed by atoms with Gasteiger partial charge in [-0.15, -0.1) is 0 Å². The van der Waals surface area contributed by atoms with Crippen molar-refractivity contribution in [3.8, 4) is 0 Å². The average Bonchev–Trinajstić information content (AvgIpc) is 2.40. The summed E-state index contributed by atoms with van der Waals surface area (Å²) in [6.45, 7) is 23.1. The Labute approximate surface area is 146 Å². The van der Waals surface area contributed by atoms with E-state index < -0.39 is 0 Å². The topological polar surface area (TPSA) is 6.48 Å².